The topological polar surface area (TPSA) is 85.3 Å². The Morgan fingerprint density at radius 1 is 1.03 bits per heavy atom. The Hall–Kier alpha value is -3.03. The van der Waals surface area contributed by atoms with Gasteiger partial charge in [-0.1, -0.05) is 23.7 Å². The lowest BCUT2D eigenvalue weighted by Crippen LogP contribution is -2.36. The molecule has 2 aromatic rings. The van der Waals surface area contributed by atoms with Crippen LogP contribution in [-0.2, 0) is 14.3 Å². The zero-order valence-electron chi connectivity index (χ0n) is 17.3. The SMILES string of the molecule is O=C1C(=O)N(CC2CCCO2)C(c2ccc(Cl)cc2)/C1=C(/O)c1ccc2c(c1)OCCO2. The molecule has 3 heterocycles. The molecule has 0 radical (unpaired) electrons. The standard InChI is InChI=1S/C24H22ClNO6/c25-16-6-3-14(4-7-16)21-20(23(28)24(29)26(21)13-17-2-1-9-30-17)22(27)15-5-8-18-19(12-15)32-11-10-31-18/h3-8,12,17,21,27H,1-2,9-11,13H2/b22-20-. The number of hydrogen-bond donors (Lipinski definition) is 1. The van der Waals surface area contributed by atoms with Crippen molar-refractivity contribution < 1.29 is 28.9 Å². The highest BCUT2D eigenvalue weighted by Crippen LogP contribution is 2.41. The van der Waals surface area contributed by atoms with Gasteiger partial charge in [0.15, 0.2) is 11.5 Å². The Bertz CT molecular complexity index is 1090. The number of ether oxygens (including phenoxy) is 3. The molecule has 3 aliphatic heterocycles. The van der Waals surface area contributed by atoms with Gasteiger partial charge in [0.05, 0.1) is 17.7 Å². The fourth-order valence-corrected chi connectivity index (χ4v) is 4.54. The van der Waals surface area contributed by atoms with Crippen molar-refractivity contribution in [3.8, 4) is 11.5 Å². The van der Waals surface area contributed by atoms with Gasteiger partial charge in [-0.2, -0.15) is 0 Å². The van der Waals surface area contributed by atoms with E-state index < -0.39 is 17.7 Å². The summed E-state index contributed by atoms with van der Waals surface area (Å²) in [6.07, 6.45) is 1.59. The highest BCUT2D eigenvalue weighted by atomic mass is 35.5. The van der Waals surface area contributed by atoms with E-state index in [1.54, 1.807) is 42.5 Å². The van der Waals surface area contributed by atoms with Crippen molar-refractivity contribution in [3.05, 3.63) is 64.2 Å². The number of carbonyl (C=O) groups is 2. The molecule has 3 aliphatic rings. The molecule has 0 saturated carbocycles. The number of aliphatic hydroxyl groups is 1. The molecule has 166 valence electrons. The van der Waals surface area contributed by atoms with Crippen LogP contribution in [0, 0.1) is 0 Å². The third kappa shape index (κ3) is 3.72. The monoisotopic (exact) mass is 455 g/mol. The fourth-order valence-electron chi connectivity index (χ4n) is 4.41. The maximum atomic E-state index is 13.1. The van der Waals surface area contributed by atoms with Gasteiger partial charge in [0.25, 0.3) is 11.7 Å². The maximum Gasteiger partial charge on any atom is 0.295 e. The lowest BCUT2D eigenvalue weighted by atomic mass is 9.95. The van der Waals surface area contributed by atoms with E-state index in [9.17, 15) is 14.7 Å². The van der Waals surface area contributed by atoms with Crippen molar-refractivity contribution in [2.45, 2.75) is 25.0 Å². The van der Waals surface area contributed by atoms with Crippen molar-refractivity contribution >= 4 is 29.1 Å². The lowest BCUT2D eigenvalue weighted by molar-refractivity contribution is -0.140. The van der Waals surface area contributed by atoms with Gasteiger partial charge in [0.1, 0.15) is 19.0 Å². The van der Waals surface area contributed by atoms with Crippen molar-refractivity contribution in [1.82, 2.24) is 4.90 Å². The largest absolute Gasteiger partial charge is 0.507 e. The van der Waals surface area contributed by atoms with Crippen LogP contribution in [0.2, 0.25) is 5.02 Å². The minimum absolute atomic E-state index is 0.0343. The number of Topliss-reactive ketones (excluding diaryl/α,β-unsaturated/α-hetero) is 1. The second-order valence-electron chi connectivity index (χ2n) is 8.00. The van der Waals surface area contributed by atoms with Gasteiger partial charge in [-0.3, -0.25) is 9.59 Å². The van der Waals surface area contributed by atoms with Crippen LogP contribution < -0.4 is 9.47 Å². The minimum Gasteiger partial charge on any atom is -0.507 e. The number of benzene rings is 2. The number of nitrogens with zero attached hydrogens (tertiary/aromatic N) is 1. The third-order valence-electron chi connectivity index (χ3n) is 5.97. The van der Waals surface area contributed by atoms with Crippen LogP contribution in [0.3, 0.4) is 0 Å². The number of carbonyl (C=O) groups excluding carboxylic acids is 2. The number of fused-ring (bicyclic) bond motifs is 1. The van der Waals surface area contributed by atoms with E-state index in [-0.39, 0.29) is 24.0 Å². The summed E-state index contributed by atoms with van der Waals surface area (Å²) in [6, 6.07) is 11.1. The van der Waals surface area contributed by atoms with Gasteiger partial charge < -0.3 is 24.2 Å². The average molecular weight is 456 g/mol. The zero-order chi connectivity index (χ0) is 22.2. The van der Waals surface area contributed by atoms with Crippen LogP contribution in [0.25, 0.3) is 5.76 Å². The van der Waals surface area contributed by atoms with E-state index in [1.807, 2.05) is 0 Å². The van der Waals surface area contributed by atoms with Gasteiger partial charge in [0, 0.05) is 23.7 Å². The van der Waals surface area contributed by atoms with Crippen LogP contribution in [0.5, 0.6) is 11.5 Å². The first-order valence-electron chi connectivity index (χ1n) is 10.6. The summed E-state index contributed by atoms with van der Waals surface area (Å²) in [5, 5.41) is 11.7. The number of likely N-dealkylation sites (tertiary alicyclic amines) is 1. The maximum absolute atomic E-state index is 13.1. The first kappa shape index (κ1) is 20.8. The average Bonchev–Trinajstić information content (AvgIpc) is 3.41. The first-order valence-corrected chi connectivity index (χ1v) is 11.0. The van der Waals surface area contributed by atoms with E-state index in [1.165, 1.54) is 4.90 Å². The fraction of sp³-hybridized carbons (Fsp3) is 0.333. The van der Waals surface area contributed by atoms with Crippen molar-refractivity contribution in [2.24, 2.45) is 0 Å². The van der Waals surface area contributed by atoms with Crippen LogP contribution >= 0.6 is 11.6 Å². The molecule has 1 amide bonds. The smallest absolute Gasteiger partial charge is 0.295 e. The molecule has 2 fully saturated rings. The summed E-state index contributed by atoms with van der Waals surface area (Å²) in [4.78, 5) is 27.6. The van der Waals surface area contributed by atoms with E-state index in [4.69, 9.17) is 25.8 Å². The van der Waals surface area contributed by atoms with E-state index in [0.29, 0.717) is 47.5 Å². The number of hydrogen-bond acceptors (Lipinski definition) is 6. The predicted molar refractivity (Wildman–Crippen MR) is 117 cm³/mol. The highest BCUT2D eigenvalue weighted by Gasteiger charge is 2.47. The van der Waals surface area contributed by atoms with E-state index in [2.05, 4.69) is 0 Å². The van der Waals surface area contributed by atoms with E-state index >= 15 is 0 Å². The minimum atomic E-state index is -0.746. The van der Waals surface area contributed by atoms with Crippen molar-refractivity contribution in [1.29, 1.82) is 0 Å². The Labute approximate surface area is 190 Å². The molecule has 2 unspecified atom stereocenters. The Kier molecular flexibility index (Phi) is 5.53. The van der Waals surface area contributed by atoms with Crippen LogP contribution in [0.15, 0.2) is 48.0 Å². The normalized spacial score (nSPS) is 24.2. The van der Waals surface area contributed by atoms with Gasteiger partial charge in [-0.05, 0) is 48.7 Å². The Balaban J connectivity index is 1.60. The highest BCUT2D eigenvalue weighted by molar-refractivity contribution is 6.46. The molecule has 2 aromatic carbocycles. The number of halogens is 1. The van der Waals surface area contributed by atoms with Crippen LogP contribution in [-0.4, -0.2) is 54.2 Å². The van der Waals surface area contributed by atoms with E-state index in [0.717, 1.165) is 12.8 Å². The van der Waals surface area contributed by atoms with Crippen LogP contribution in [0.4, 0.5) is 0 Å². The van der Waals surface area contributed by atoms with Crippen molar-refractivity contribution in [2.75, 3.05) is 26.4 Å². The summed E-state index contributed by atoms with van der Waals surface area (Å²) in [6.45, 7) is 1.75. The molecular formula is C24H22ClNO6. The summed E-state index contributed by atoms with van der Waals surface area (Å²) in [5.74, 6) is -0.581. The molecular weight excluding hydrogens is 434 g/mol. The second-order valence-corrected chi connectivity index (χ2v) is 8.43. The first-order chi connectivity index (χ1) is 15.5. The van der Waals surface area contributed by atoms with Gasteiger partial charge >= 0.3 is 0 Å². The van der Waals surface area contributed by atoms with Gasteiger partial charge in [0.2, 0.25) is 0 Å². The van der Waals surface area contributed by atoms with Crippen LogP contribution in [0.1, 0.15) is 30.0 Å². The number of rotatable bonds is 4. The molecule has 7 nitrogen and oxygen atoms in total. The van der Waals surface area contributed by atoms with Gasteiger partial charge in [-0.15, -0.1) is 0 Å². The molecule has 32 heavy (non-hydrogen) atoms. The quantitative estimate of drug-likeness (QED) is 0.429. The number of ketones is 1. The molecule has 5 rings (SSSR count). The molecule has 0 spiro atoms. The Morgan fingerprint density at radius 2 is 1.78 bits per heavy atom. The molecule has 1 N–H and O–H groups in total. The lowest BCUT2D eigenvalue weighted by Gasteiger charge is -2.27. The van der Waals surface area contributed by atoms with Crippen molar-refractivity contribution in [3.63, 3.8) is 0 Å². The van der Waals surface area contributed by atoms with Gasteiger partial charge in [-0.25, -0.2) is 0 Å². The summed E-state index contributed by atoms with van der Waals surface area (Å²) in [7, 11) is 0. The molecule has 2 atom stereocenters. The Morgan fingerprint density at radius 3 is 2.50 bits per heavy atom. The predicted octanol–water partition coefficient (Wildman–Crippen LogP) is 3.71. The third-order valence-corrected chi connectivity index (χ3v) is 6.22. The number of amides is 1. The summed E-state index contributed by atoms with van der Waals surface area (Å²) in [5.41, 5.74) is 1.10. The molecule has 0 bridgehead atoms. The molecule has 0 aromatic heterocycles. The number of aliphatic hydroxyl groups excluding tert-OH is 1. The molecule has 8 heteroatoms. The molecule has 0 aliphatic carbocycles. The summed E-state index contributed by atoms with van der Waals surface area (Å²) >= 11 is 6.06. The summed E-state index contributed by atoms with van der Waals surface area (Å²) < 4.78 is 16.9. The molecule has 2 saturated heterocycles. The zero-order valence-corrected chi connectivity index (χ0v) is 18.0. The second kappa shape index (κ2) is 8.48.